The van der Waals surface area contributed by atoms with Gasteiger partial charge in [-0.05, 0) is 18.3 Å². The number of nitrogen functional groups attached to an aromatic ring is 1. The van der Waals surface area contributed by atoms with E-state index in [-0.39, 0.29) is 0 Å². The molecule has 0 unspecified atom stereocenters. The third-order valence-corrected chi connectivity index (χ3v) is 2.19. The van der Waals surface area contributed by atoms with Crippen LogP contribution in [0.5, 0.6) is 0 Å². The molecule has 7 heteroatoms. The first-order chi connectivity index (χ1) is 6.77. The molecule has 0 saturated heterocycles. The first-order valence-corrected chi connectivity index (χ1v) is 4.57. The summed E-state index contributed by atoms with van der Waals surface area (Å²) in [6, 6.07) is 1.87. The van der Waals surface area contributed by atoms with Crippen LogP contribution in [0.3, 0.4) is 0 Å². The molecule has 14 heavy (non-hydrogen) atoms. The Kier molecular flexibility index (Phi) is 2.32. The molecule has 0 aromatic carbocycles. The predicted octanol–water partition coefficient (Wildman–Crippen LogP) is 0.0937. The van der Waals surface area contributed by atoms with Crippen LogP contribution in [0.15, 0.2) is 18.5 Å². The topological polar surface area (TPSA) is 77.4 Å². The zero-order valence-electron chi connectivity index (χ0n) is 7.42. The van der Waals surface area contributed by atoms with Gasteiger partial charge in [-0.3, -0.25) is 9.78 Å². The Hall–Kier alpha value is -1.63. The molecule has 0 aliphatic rings. The van der Waals surface area contributed by atoms with Crippen LogP contribution in [0, 0.1) is 4.77 Å². The van der Waals surface area contributed by atoms with E-state index in [1.165, 1.54) is 4.68 Å². The van der Waals surface area contributed by atoms with E-state index in [4.69, 9.17) is 18.1 Å². The number of aromatic amines is 1. The van der Waals surface area contributed by atoms with Crippen LogP contribution in [0.4, 0.5) is 0 Å². The first-order valence-electron chi connectivity index (χ1n) is 4.16. The highest BCUT2D eigenvalue weighted by Crippen LogP contribution is 1.96. The molecule has 0 radical (unpaired) electrons. The monoisotopic (exact) mass is 210 g/mol. The Labute approximate surface area is 85.3 Å². The van der Waals surface area contributed by atoms with Gasteiger partial charge in [0.15, 0.2) is 5.82 Å². The van der Waals surface area contributed by atoms with Gasteiger partial charge in [-0.2, -0.15) is 10.2 Å². The summed E-state index contributed by atoms with van der Waals surface area (Å²) in [5, 5.41) is 10.7. The summed E-state index contributed by atoms with van der Waals surface area (Å²) in [6.45, 7) is 0.740. The van der Waals surface area contributed by atoms with Crippen molar-refractivity contribution in [3.8, 4) is 0 Å². The molecule has 0 bridgehead atoms. The smallest absolute Gasteiger partial charge is 0.214 e. The lowest BCUT2D eigenvalue weighted by Gasteiger charge is -2.00. The van der Waals surface area contributed by atoms with Gasteiger partial charge < -0.3 is 5.84 Å². The van der Waals surface area contributed by atoms with Gasteiger partial charge in [-0.25, -0.2) is 4.68 Å². The number of nitrogens with one attached hydrogen (secondary N) is 1. The molecule has 2 aromatic rings. The van der Waals surface area contributed by atoms with Crippen molar-refractivity contribution in [2.75, 3.05) is 5.84 Å². The standard InChI is InChI=1S/C7H10N6S/c8-13-6(10-11-7(13)14)2-5-12-4-1-3-9-12/h1,3-4H,2,5,8H2,(H,11,14). The van der Waals surface area contributed by atoms with Gasteiger partial charge in [0.1, 0.15) is 0 Å². The van der Waals surface area contributed by atoms with Crippen LogP contribution in [0.2, 0.25) is 0 Å². The second-order valence-electron chi connectivity index (χ2n) is 2.83. The lowest BCUT2D eigenvalue weighted by Crippen LogP contribution is -2.14. The number of aryl methyl sites for hydroxylation is 2. The Morgan fingerprint density at radius 1 is 1.57 bits per heavy atom. The van der Waals surface area contributed by atoms with E-state index in [0.29, 0.717) is 11.2 Å². The van der Waals surface area contributed by atoms with Crippen molar-refractivity contribution in [1.29, 1.82) is 0 Å². The Morgan fingerprint density at radius 3 is 3.00 bits per heavy atom. The maximum absolute atomic E-state index is 5.63. The van der Waals surface area contributed by atoms with E-state index in [9.17, 15) is 0 Å². The Balaban J connectivity index is 2.05. The van der Waals surface area contributed by atoms with Gasteiger partial charge in [0, 0.05) is 25.4 Å². The second-order valence-corrected chi connectivity index (χ2v) is 3.22. The van der Waals surface area contributed by atoms with Crippen molar-refractivity contribution < 1.29 is 0 Å². The first kappa shape index (κ1) is 8.95. The summed E-state index contributed by atoms with van der Waals surface area (Å²) in [5.41, 5.74) is 0. The molecule has 2 heterocycles. The lowest BCUT2D eigenvalue weighted by atomic mass is 10.4. The number of aromatic nitrogens is 5. The van der Waals surface area contributed by atoms with Gasteiger partial charge in [0.2, 0.25) is 4.77 Å². The fourth-order valence-corrected chi connectivity index (χ4v) is 1.31. The van der Waals surface area contributed by atoms with Crippen LogP contribution in [0.1, 0.15) is 5.82 Å². The van der Waals surface area contributed by atoms with E-state index in [1.54, 1.807) is 6.20 Å². The summed E-state index contributed by atoms with van der Waals surface area (Å²) in [4.78, 5) is 0. The van der Waals surface area contributed by atoms with Crippen LogP contribution in [0.25, 0.3) is 0 Å². The predicted molar refractivity (Wildman–Crippen MR) is 53.5 cm³/mol. The summed E-state index contributed by atoms with van der Waals surface area (Å²) < 4.78 is 3.62. The minimum absolute atomic E-state index is 0.431. The quantitative estimate of drug-likeness (QED) is 0.556. The van der Waals surface area contributed by atoms with Gasteiger partial charge in [0.05, 0.1) is 0 Å². The minimum atomic E-state index is 0.431. The van der Waals surface area contributed by atoms with Crippen molar-refractivity contribution in [1.82, 2.24) is 24.7 Å². The molecule has 74 valence electrons. The molecular weight excluding hydrogens is 200 g/mol. The molecule has 2 rings (SSSR count). The Bertz CT molecular complexity index is 453. The van der Waals surface area contributed by atoms with E-state index in [0.717, 1.165) is 12.4 Å². The summed E-state index contributed by atoms with van der Waals surface area (Å²) in [6.07, 6.45) is 4.33. The third kappa shape index (κ3) is 1.67. The third-order valence-electron chi connectivity index (χ3n) is 1.90. The highest BCUT2D eigenvalue weighted by molar-refractivity contribution is 7.71. The highest BCUT2D eigenvalue weighted by atomic mass is 32.1. The van der Waals surface area contributed by atoms with E-state index in [2.05, 4.69) is 15.3 Å². The molecular formula is C7H10N6S. The largest absolute Gasteiger partial charge is 0.335 e. The fourth-order valence-electron chi connectivity index (χ4n) is 1.16. The maximum Gasteiger partial charge on any atom is 0.214 e. The minimum Gasteiger partial charge on any atom is -0.335 e. The van der Waals surface area contributed by atoms with Crippen molar-refractivity contribution in [3.63, 3.8) is 0 Å². The Morgan fingerprint density at radius 2 is 2.43 bits per heavy atom. The SMILES string of the molecule is Nn1c(CCn2cccn2)n[nH]c1=S. The van der Waals surface area contributed by atoms with Crippen molar-refractivity contribution in [2.45, 2.75) is 13.0 Å². The zero-order chi connectivity index (χ0) is 9.97. The van der Waals surface area contributed by atoms with Crippen LogP contribution >= 0.6 is 12.2 Å². The van der Waals surface area contributed by atoms with Gasteiger partial charge >= 0.3 is 0 Å². The van der Waals surface area contributed by atoms with Crippen LogP contribution in [-0.2, 0) is 13.0 Å². The van der Waals surface area contributed by atoms with E-state index < -0.39 is 0 Å². The molecule has 3 N–H and O–H groups in total. The summed E-state index contributed by atoms with van der Waals surface area (Å²) >= 11 is 4.89. The molecule has 0 spiro atoms. The molecule has 0 aliphatic carbocycles. The van der Waals surface area contributed by atoms with Gasteiger partial charge in [0.25, 0.3) is 0 Å². The number of hydrogen-bond acceptors (Lipinski definition) is 4. The fraction of sp³-hybridized carbons (Fsp3) is 0.286. The van der Waals surface area contributed by atoms with Crippen molar-refractivity contribution >= 4 is 12.2 Å². The maximum atomic E-state index is 5.63. The average molecular weight is 210 g/mol. The molecule has 0 amide bonds. The molecule has 0 fully saturated rings. The number of nitrogens with two attached hydrogens (primary N) is 1. The molecule has 0 aliphatic heterocycles. The number of nitrogens with zero attached hydrogens (tertiary/aromatic N) is 4. The normalized spacial score (nSPS) is 10.6. The summed E-state index contributed by atoms with van der Waals surface area (Å²) in [5.74, 6) is 6.36. The second kappa shape index (κ2) is 3.62. The number of H-pyrrole nitrogens is 1. The van der Waals surface area contributed by atoms with Gasteiger partial charge in [-0.15, -0.1) is 0 Å². The average Bonchev–Trinajstić information content (AvgIpc) is 2.77. The van der Waals surface area contributed by atoms with Gasteiger partial charge in [-0.1, -0.05) is 0 Å². The zero-order valence-corrected chi connectivity index (χ0v) is 8.24. The molecule has 6 nitrogen and oxygen atoms in total. The van der Waals surface area contributed by atoms with Crippen molar-refractivity contribution in [3.05, 3.63) is 29.1 Å². The summed E-state index contributed by atoms with van der Waals surface area (Å²) in [7, 11) is 0. The number of hydrogen-bond donors (Lipinski definition) is 2. The van der Waals surface area contributed by atoms with Crippen LogP contribution < -0.4 is 5.84 Å². The number of rotatable bonds is 3. The molecule has 0 saturated carbocycles. The highest BCUT2D eigenvalue weighted by Gasteiger charge is 2.02. The molecule has 2 aromatic heterocycles. The van der Waals surface area contributed by atoms with Crippen LogP contribution in [-0.4, -0.2) is 24.7 Å². The lowest BCUT2D eigenvalue weighted by molar-refractivity contribution is 0.592. The van der Waals surface area contributed by atoms with E-state index >= 15 is 0 Å². The van der Waals surface area contributed by atoms with Crippen molar-refractivity contribution in [2.24, 2.45) is 0 Å². The van der Waals surface area contributed by atoms with E-state index in [1.807, 2.05) is 16.9 Å². The molecule has 0 atom stereocenters.